The molecule has 0 aromatic heterocycles. The Labute approximate surface area is 123 Å². The molecule has 0 radical (unpaired) electrons. The molecule has 0 aromatic carbocycles. The SMILES string of the molecule is CCOC(=O)C(C)(CC(C)N1CCOCC1)NC(C)C. The van der Waals surface area contributed by atoms with E-state index < -0.39 is 5.54 Å². The maximum atomic E-state index is 12.3. The predicted molar refractivity (Wildman–Crippen MR) is 79.8 cm³/mol. The molecule has 118 valence electrons. The molecule has 1 rings (SSSR count). The van der Waals surface area contributed by atoms with Crippen LogP contribution in [0.2, 0.25) is 0 Å². The van der Waals surface area contributed by atoms with Gasteiger partial charge < -0.3 is 9.47 Å². The van der Waals surface area contributed by atoms with Gasteiger partial charge in [-0.3, -0.25) is 15.0 Å². The number of nitrogens with zero attached hydrogens (tertiary/aromatic N) is 1. The molecular formula is C15H30N2O3. The van der Waals surface area contributed by atoms with E-state index in [0.717, 1.165) is 32.7 Å². The second-order valence-electron chi connectivity index (χ2n) is 6.05. The monoisotopic (exact) mass is 286 g/mol. The van der Waals surface area contributed by atoms with Gasteiger partial charge in [-0.05, 0) is 41.0 Å². The number of carbonyl (C=O) groups excluding carboxylic acids is 1. The van der Waals surface area contributed by atoms with E-state index in [1.165, 1.54) is 0 Å². The molecule has 2 atom stereocenters. The summed E-state index contributed by atoms with van der Waals surface area (Å²) in [4.78, 5) is 14.7. The molecule has 1 aliphatic rings. The van der Waals surface area contributed by atoms with E-state index >= 15 is 0 Å². The zero-order valence-electron chi connectivity index (χ0n) is 13.6. The van der Waals surface area contributed by atoms with E-state index in [2.05, 4.69) is 31.0 Å². The Morgan fingerprint density at radius 2 is 1.95 bits per heavy atom. The maximum absolute atomic E-state index is 12.3. The topological polar surface area (TPSA) is 50.8 Å². The van der Waals surface area contributed by atoms with Gasteiger partial charge in [0.05, 0.1) is 19.8 Å². The predicted octanol–water partition coefficient (Wildman–Crippen LogP) is 1.42. The average Bonchev–Trinajstić information content (AvgIpc) is 2.39. The summed E-state index contributed by atoms with van der Waals surface area (Å²) < 4.78 is 10.6. The number of esters is 1. The molecular weight excluding hydrogens is 256 g/mol. The molecule has 1 fully saturated rings. The van der Waals surface area contributed by atoms with Crippen molar-refractivity contribution in [1.29, 1.82) is 0 Å². The van der Waals surface area contributed by atoms with Gasteiger partial charge in [-0.15, -0.1) is 0 Å². The van der Waals surface area contributed by atoms with Gasteiger partial charge in [-0.1, -0.05) is 0 Å². The summed E-state index contributed by atoms with van der Waals surface area (Å²) in [6.07, 6.45) is 0.740. The largest absolute Gasteiger partial charge is 0.465 e. The Morgan fingerprint density at radius 3 is 2.45 bits per heavy atom. The fourth-order valence-electron chi connectivity index (χ4n) is 2.87. The van der Waals surface area contributed by atoms with Crippen molar-refractivity contribution in [2.45, 2.75) is 58.7 Å². The van der Waals surface area contributed by atoms with Crippen LogP contribution in [-0.2, 0) is 14.3 Å². The Bertz CT molecular complexity index is 303. The molecule has 2 unspecified atom stereocenters. The first kappa shape index (κ1) is 17.4. The number of hydrogen-bond acceptors (Lipinski definition) is 5. The number of morpholine rings is 1. The van der Waals surface area contributed by atoms with Crippen LogP contribution >= 0.6 is 0 Å². The first-order valence-electron chi connectivity index (χ1n) is 7.65. The quantitative estimate of drug-likeness (QED) is 0.717. The van der Waals surface area contributed by atoms with Crippen molar-refractivity contribution in [3.63, 3.8) is 0 Å². The number of carbonyl (C=O) groups is 1. The molecule has 1 aliphatic heterocycles. The van der Waals surface area contributed by atoms with Crippen LogP contribution in [0.1, 0.15) is 41.0 Å². The molecule has 0 aromatic rings. The first-order valence-corrected chi connectivity index (χ1v) is 7.65. The van der Waals surface area contributed by atoms with Gasteiger partial charge in [-0.25, -0.2) is 0 Å². The highest BCUT2D eigenvalue weighted by Gasteiger charge is 2.38. The Morgan fingerprint density at radius 1 is 1.35 bits per heavy atom. The molecule has 5 heteroatoms. The van der Waals surface area contributed by atoms with Gasteiger partial charge in [0.15, 0.2) is 0 Å². The van der Waals surface area contributed by atoms with Crippen molar-refractivity contribution in [3.05, 3.63) is 0 Å². The Balaban J connectivity index is 2.69. The highest BCUT2D eigenvalue weighted by atomic mass is 16.5. The van der Waals surface area contributed by atoms with Crippen molar-refractivity contribution in [3.8, 4) is 0 Å². The highest BCUT2D eigenvalue weighted by Crippen LogP contribution is 2.20. The van der Waals surface area contributed by atoms with Crippen LogP contribution in [0.3, 0.4) is 0 Å². The molecule has 0 saturated carbocycles. The number of ether oxygens (including phenoxy) is 2. The molecule has 1 heterocycles. The van der Waals surface area contributed by atoms with E-state index in [1.54, 1.807) is 0 Å². The van der Waals surface area contributed by atoms with Gasteiger partial charge in [0.1, 0.15) is 5.54 Å². The zero-order valence-corrected chi connectivity index (χ0v) is 13.6. The van der Waals surface area contributed by atoms with Crippen LogP contribution in [0.25, 0.3) is 0 Å². The highest BCUT2D eigenvalue weighted by molar-refractivity contribution is 5.80. The Hall–Kier alpha value is -0.650. The summed E-state index contributed by atoms with van der Waals surface area (Å²) in [5.74, 6) is -0.159. The molecule has 0 bridgehead atoms. The normalized spacial score (nSPS) is 21.5. The second kappa shape index (κ2) is 7.96. The molecule has 1 saturated heterocycles. The van der Waals surface area contributed by atoms with Crippen LogP contribution in [0, 0.1) is 0 Å². The van der Waals surface area contributed by atoms with Crippen LogP contribution in [0.15, 0.2) is 0 Å². The van der Waals surface area contributed by atoms with E-state index in [-0.39, 0.29) is 12.0 Å². The van der Waals surface area contributed by atoms with Crippen molar-refractivity contribution >= 4 is 5.97 Å². The minimum atomic E-state index is -0.637. The van der Waals surface area contributed by atoms with Crippen molar-refractivity contribution < 1.29 is 14.3 Å². The summed E-state index contributed by atoms with van der Waals surface area (Å²) in [6, 6.07) is 0.556. The summed E-state index contributed by atoms with van der Waals surface area (Å²) >= 11 is 0. The van der Waals surface area contributed by atoms with Crippen LogP contribution in [0.4, 0.5) is 0 Å². The zero-order chi connectivity index (χ0) is 15.2. The van der Waals surface area contributed by atoms with Gasteiger partial charge in [0.2, 0.25) is 0 Å². The van der Waals surface area contributed by atoms with Crippen LogP contribution < -0.4 is 5.32 Å². The van der Waals surface area contributed by atoms with Gasteiger partial charge >= 0.3 is 5.97 Å². The lowest BCUT2D eigenvalue weighted by molar-refractivity contribution is -0.152. The minimum absolute atomic E-state index is 0.159. The fraction of sp³-hybridized carbons (Fsp3) is 0.933. The molecule has 0 aliphatic carbocycles. The molecule has 0 amide bonds. The summed E-state index contributed by atoms with van der Waals surface area (Å²) in [5, 5.41) is 3.38. The summed E-state index contributed by atoms with van der Waals surface area (Å²) in [6.45, 7) is 13.9. The van der Waals surface area contributed by atoms with E-state index in [1.807, 2.05) is 13.8 Å². The standard InChI is InChI=1S/C15H30N2O3/c1-6-20-14(18)15(5,16-12(2)3)11-13(4)17-7-9-19-10-8-17/h12-13,16H,6-11H2,1-5H3. The van der Waals surface area contributed by atoms with Gasteiger partial charge in [0.25, 0.3) is 0 Å². The summed E-state index contributed by atoms with van der Waals surface area (Å²) in [7, 11) is 0. The lowest BCUT2D eigenvalue weighted by Gasteiger charge is -2.38. The fourth-order valence-corrected chi connectivity index (χ4v) is 2.87. The first-order chi connectivity index (χ1) is 9.39. The third-order valence-electron chi connectivity index (χ3n) is 3.71. The maximum Gasteiger partial charge on any atom is 0.326 e. The lowest BCUT2D eigenvalue weighted by Crippen LogP contribution is -2.57. The third kappa shape index (κ3) is 5.04. The molecule has 1 N–H and O–H groups in total. The van der Waals surface area contributed by atoms with Gasteiger partial charge in [0, 0.05) is 25.2 Å². The second-order valence-corrected chi connectivity index (χ2v) is 6.05. The van der Waals surface area contributed by atoms with E-state index in [4.69, 9.17) is 9.47 Å². The van der Waals surface area contributed by atoms with Gasteiger partial charge in [-0.2, -0.15) is 0 Å². The molecule has 5 nitrogen and oxygen atoms in total. The molecule has 20 heavy (non-hydrogen) atoms. The van der Waals surface area contributed by atoms with Crippen molar-refractivity contribution in [2.24, 2.45) is 0 Å². The smallest absolute Gasteiger partial charge is 0.326 e. The van der Waals surface area contributed by atoms with Crippen molar-refractivity contribution in [1.82, 2.24) is 10.2 Å². The number of rotatable bonds is 7. The summed E-state index contributed by atoms with van der Waals surface area (Å²) in [5.41, 5.74) is -0.637. The number of nitrogens with one attached hydrogen (secondary N) is 1. The minimum Gasteiger partial charge on any atom is -0.465 e. The lowest BCUT2D eigenvalue weighted by atomic mass is 9.91. The van der Waals surface area contributed by atoms with E-state index in [9.17, 15) is 4.79 Å². The van der Waals surface area contributed by atoms with Crippen molar-refractivity contribution in [2.75, 3.05) is 32.9 Å². The Kier molecular flexibility index (Phi) is 6.92. The molecule has 0 spiro atoms. The van der Waals surface area contributed by atoms with Crippen LogP contribution in [-0.4, -0.2) is 61.4 Å². The third-order valence-corrected chi connectivity index (χ3v) is 3.71. The van der Waals surface area contributed by atoms with Crippen LogP contribution in [0.5, 0.6) is 0 Å². The van der Waals surface area contributed by atoms with E-state index in [0.29, 0.717) is 12.6 Å². The number of hydrogen-bond donors (Lipinski definition) is 1. The average molecular weight is 286 g/mol.